The van der Waals surface area contributed by atoms with Gasteiger partial charge < -0.3 is 4.74 Å². The lowest BCUT2D eigenvalue weighted by Crippen LogP contribution is -2.17. The Bertz CT molecular complexity index is 1060. The molecule has 1 saturated carbocycles. The van der Waals surface area contributed by atoms with E-state index in [0.717, 1.165) is 48.2 Å². The number of aromatic nitrogens is 2. The fraction of sp³-hybridized carbons (Fsp3) is 0.333. The van der Waals surface area contributed by atoms with Crippen LogP contribution in [0.25, 0.3) is 11.3 Å². The number of benzene rings is 2. The average molecular weight is 425 g/mol. The van der Waals surface area contributed by atoms with Crippen LogP contribution in [0.3, 0.4) is 0 Å². The van der Waals surface area contributed by atoms with Crippen molar-refractivity contribution < 1.29 is 17.9 Å². The van der Waals surface area contributed by atoms with Crippen LogP contribution in [0.1, 0.15) is 55.0 Å². The van der Waals surface area contributed by atoms with Gasteiger partial charge in [-0.25, -0.2) is 0 Å². The summed E-state index contributed by atoms with van der Waals surface area (Å²) in [6.45, 7) is 0. The molecule has 4 rings (SSSR count). The van der Waals surface area contributed by atoms with Gasteiger partial charge in [0.2, 0.25) is 0 Å². The molecule has 160 valence electrons. The van der Waals surface area contributed by atoms with Gasteiger partial charge in [-0.15, -0.1) is 13.2 Å². The Hall–Kier alpha value is -3.27. The number of alkyl halides is 3. The summed E-state index contributed by atoms with van der Waals surface area (Å²) in [5.41, 5.74) is 4.25. The summed E-state index contributed by atoms with van der Waals surface area (Å²) in [6, 6.07) is 17.8. The van der Waals surface area contributed by atoms with Crippen molar-refractivity contribution in [3.63, 3.8) is 0 Å². The van der Waals surface area contributed by atoms with E-state index in [1.807, 2.05) is 22.9 Å². The molecule has 1 heterocycles. The van der Waals surface area contributed by atoms with Crippen LogP contribution in [0.4, 0.5) is 13.2 Å². The minimum Gasteiger partial charge on any atom is -0.406 e. The van der Waals surface area contributed by atoms with Crippen molar-refractivity contribution in [3.05, 3.63) is 71.4 Å². The van der Waals surface area contributed by atoms with E-state index in [2.05, 4.69) is 10.8 Å². The minimum atomic E-state index is -4.71. The third kappa shape index (κ3) is 5.26. The fourth-order valence-electron chi connectivity index (χ4n) is 4.08. The largest absolute Gasteiger partial charge is 0.573 e. The van der Waals surface area contributed by atoms with Crippen LogP contribution in [-0.2, 0) is 6.42 Å². The molecule has 0 bridgehead atoms. The first-order valence-electron chi connectivity index (χ1n) is 10.3. The van der Waals surface area contributed by atoms with Crippen molar-refractivity contribution in [1.29, 1.82) is 5.26 Å². The standard InChI is InChI=1S/C24H22F3N3O/c25-24(26,27)31-22-12-10-19(11-13-22)23-15-20(14-17-6-8-18(16-28)9-7-17)29-30(23)21-4-2-1-3-5-21/h6-13,15,21H,1-5,14H2. The van der Waals surface area contributed by atoms with E-state index in [0.29, 0.717) is 12.0 Å². The van der Waals surface area contributed by atoms with Crippen molar-refractivity contribution in [2.45, 2.75) is 50.9 Å². The first-order chi connectivity index (χ1) is 14.9. The number of nitriles is 1. The SMILES string of the molecule is N#Cc1ccc(Cc2cc(-c3ccc(OC(F)(F)F)cc3)n(C3CCCCC3)n2)cc1. The van der Waals surface area contributed by atoms with Gasteiger partial charge in [0.15, 0.2) is 0 Å². The Labute approximate surface area is 178 Å². The summed E-state index contributed by atoms with van der Waals surface area (Å²) < 4.78 is 43.5. The summed E-state index contributed by atoms with van der Waals surface area (Å²) >= 11 is 0. The molecule has 0 spiro atoms. The lowest BCUT2D eigenvalue weighted by molar-refractivity contribution is -0.274. The van der Waals surface area contributed by atoms with E-state index in [4.69, 9.17) is 10.4 Å². The van der Waals surface area contributed by atoms with E-state index in [-0.39, 0.29) is 11.8 Å². The third-order valence-electron chi connectivity index (χ3n) is 5.56. The Balaban J connectivity index is 1.63. The molecule has 0 unspecified atom stereocenters. The van der Waals surface area contributed by atoms with Gasteiger partial charge in [-0.1, -0.05) is 31.4 Å². The second kappa shape index (κ2) is 8.84. The highest BCUT2D eigenvalue weighted by Crippen LogP contribution is 2.34. The molecule has 0 aliphatic heterocycles. The molecule has 1 aliphatic rings. The van der Waals surface area contributed by atoms with Crippen molar-refractivity contribution in [1.82, 2.24) is 9.78 Å². The molecule has 4 nitrogen and oxygen atoms in total. The second-order valence-corrected chi connectivity index (χ2v) is 7.82. The fourth-order valence-corrected chi connectivity index (χ4v) is 4.08. The maximum absolute atomic E-state index is 12.5. The van der Waals surface area contributed by atoms with Crippen LogP contribution in [0.15, 0.2) is 54.6 Å². The topological polar surface area (TPSA) is 50.8 Å². The zero-order valence-corrected chi connectivity index (χ0v) is 16.9. The van der Waals surface area contributed by atoms with Crippen LogP contribution >= 0.6 is 0 Å². The predicted molar refractivity (Wildman–Crippen MR) is 110 cm³/mol. The number of rotatable bonds is 5. The molecule has 2 aromatic carbocycles. The Morgan fingerprint density at radius 1 is 1.00 bits per heavy atom. The minimum absolute atomic E-state index is 0.238. The first-order valence-corrected chi connectivity index (χ1v) is 10.3. The molecule has 0 N–H and O–H groups in total. The monoisotopic (exact) mass is 425 g/mol. The summed E-state index contributed by atoms with van der Waals surface area (Å²) in [5, 5.41) is 13.8. The molecule has 7 heteroatoms. The van der Waals surface area contributed by atoms with Gasteiger partial charge in [0.25, 0.3) is 0 Å². The third-order valence-corrected chi connectivity index (χ3v) is 5.56. The normalized spacial score (nSPS) is 14.9. The van der Waals surface area contributed by atoms with Crippen molar-refractivity contribution in [3.8, 4) is 23.1 Å². The molecule has 0 amide bonds. The highest BCUT2D eigenvalue weighted by atomic mass is 19.4. The van der Waals surface area contributed by atoms with E-state index >= 15 is 0 Å². The van der Waals surface area contributed by atoms with Crippen LogP contribution < -0.4 is 4.74 Å². The van der Waals surface area contributed by atoms with Crippen molar-refractivity contribution in [2.24, 2.45) is 0 Å². The molecular formula is C24H22F3N3O. The van der Waals surface area contributed by atoms with E-state index in [1.54, 1.807) is 24.3 Å². The highest BCUT2D eigenvalue weighted by Gasteiger charge is 2.31. The molecular weight excluding hydrogens is 403 g/mol. The van der Waals surface area contributed by atoms with Gasteiger partial charge in [-0.2, -0.15) is 10.4 Å². The van der Waals surface area contributed by atoms with Gasteiger partial charge in [0, 0.05) is 12.0 Å². The number of hydrogen-bond donors (Lipinski definition) is 0. The van der Waals surface area contributed by atoms with Gasteiger partial charge in [0.05, 0.1) is 29.1 Å². The van der Waals surface area contributed by atoms with E-state index in [9.17, 15) is 13.2 Å². The Morgan fingerprint density at radius 2 is 1.68 bits per heavy atom. The molecule has 1 fully saturated rings. The van der Waals surface area contributed by atoms with Crippen LogP contribution in [-0.4, -0.2) is 16.1 Å². The summed E-state index contributed by atoms with van der Waals surface area (Å²) in [5.74, 6) is -0.238. The maximum atomic E-state index is 12.5. The Kier molecular flexibility index (Phi) is 5.99. The van der Waals surface area contributed by atoms with E-state index in [1.165, 1.54) is 18.6 Å². The van der Waals surface area contributed by atoms with Gasteiger partial charge in [-0.3, -0.25) is 4.68 Å². The molecule has 3 aromatic rings. The zero-order valence-electron chi connectivity index (χ0n) is 16.9. The predicted octanol–water partition coefficient (Wildman–Crippen LogP) is 6.42. The molecule has 0 radical (unpaired) electrons. The molecule has 0 saturated heterocycles. The van der Waals surface area contributed by atoms with E-state index < -0.39 is 6.36 Å². The average Bonchev–Trinajstić information content (AvgIpc) is 3.18. The van der Waals surface area contributed by atoms with Crippen LogP contribution in [0, 0.1) is 11.3 Å². The zero-order chi connectivity index (χ0) is 21.8. The lowest BCUT2D eigenvalue weighted by Gasteiger charge is -2.24. The lowest BCUT2D eigenvalue weighted by atomic mass is 9.95. The Morgan fingerprint density at radius 3 is 2.29 bits per heavy atom. The van der Waals surface area contributed by atoms with Crippen molar-refractivity contribution in [2.75, 3.05) is 0 Å². The van der Waals surface area contributed by atoms with Crippen LogP contribution in [0.5, 0.6) is 5.75 Å². The smallest absolute Gasteiger partial charge is 0.406 e. The molecule has 1 aromatic heterocycles. The molecule has 31 heavy (non-hydrogen) atoms. The van der Waals surface area contributed by atoms with Gasteiger partial charge in [-0.05, 0) is 60.9 Å². The number of hydrogen-bond acceptors (Lipinski definition) is 3. The molecule has 1 aliphatic carbocycles. The van der Waals surface area contributed by atoms with Gasteiger partial charge in [0.1, 0.15) is 5.75 Å². The first kappa shape index (κ1) is 21.0. The quantitative estimate of drug-likeness (QED) is 0.474. The van der Waals surface area contributed by atoms with Gasteiger partial charge >= 0.3 is 6.36 Å². The maximum Gasteiger partial charge on any atom is 0.573 e. The number of ether oxygens (including phenoxy) is 1. The number of halogens is 3. The summed E-state index contributed by atoms with van der Waals surface area (Å²) in [4.78, 5) is 0. The summed E-state index contributed by atoms with van der Waals surface area (Å²) in [6.07, 6.45) is 1.50. The van der Waals surface area contributed by atoms with Crippen LogP contribution in [0.2, 0.25) is 0 Å². The highest BCUT2D eigenvalue weighted by molar-refractivity contribution is 5.61. The van der Waals surface area contributed by atoms with Crippen molar-refractivity contribution >= 4 is 0 Å². The second-order valence-electron chi connectivity index (χ2n) is 7.82. The number of nitrogens with zero attached hydrogens (tertiary/aromatic N) is 3. The molecule has 0 atom stereocenters. The summed E-state index contributed by atoms with van der Waals surface area (Å²) in [7, 11) is 0.